The van der Waals surface area contributed by atoms with Crippen molar-refractivity contribution in [2.45, 2.75) is 97.7 Å². The highest BCUT2D eigenvalue weighted by molar-refractivity contribution is 5.78. The Bertz CT molecular complexity index is 738. The van der Waals surface area contributed by atoms with Crippen molar-refractivity contribution in [3.63, 3.8) is 0 Å². The van der Waals surface area contributed by atoms with Crippen LogP contribution in [-0.4, -0.2) is 215 Å². The summed E-state index contributed by atoms with van der Waals surface area (Å²) in [6.07, 6.45) is -40.7. The summed E-state index contributed by atoms with van der Waals surface area (Å²) in [6, 6.07) is 0. The molecular weight excluding hydrogens is 592 g/mol. The predicted octanol–water partition coefficient (Wildman–Crippen LogP) is -12.3. The molecule has 0 spiro atoms. The molecule has 0 aromatic rings. The standard InChI is InChI=1S/C20H38O22/c21-1-3(23)5(25)7(27)9(29)11(31)13(33)15(35)17(37)19(39)41-42-20(40)18(38)16(36)14(34)12(32)10(30)8(28)6(26)4(24)2-22/h3-18,21-38H,1-2H2. The van der Waals surface area contributed by atoms with E-state index in [4.69, 9.17) is 10.2 Å². The van der Waals surface area contributed by atoms with Gasteiger partial charge in [-0.1, -0.05) is 0 Å². The van der Waals surface area contributed by atoms with E-state index >= 15 is 0 Å². The smallest absolute Gasteiger partial charge is 0.386 e. The van der Waals surface area contributed by atoms with E-state index in [-0.39, 0.29) is 0 Å². The van der Waals surface area contributed by atoms with Crippen LogP contribution in [0.4, 0.5) is 0 Å². The van der Waals surface area contributed by atoms with E-state index in [9.17, 15) is 91.3 Å². The van der Waals surface area contributed by atoms with Gasteiger partial charge in [0, 0.05) is 0 Å². The molecule has 22 nitrogen and oxygen atoms in total. The van der Waals surface area contributed by atoms with Gasteiger partial charge < -0.3 is 91.9 Å². The zero-order chi connectivity index (χ0) is 33.2. The molecular formula is C20H38O22. The van der Waals surface area contributed by atoms with Crippen molar-refractivity contribution >= 4 is 11.9 Å². The van der Waals surface area contributed by atoms with Crippen LogP contribution in [0.15, 0.2) is 0 Å². The molecule has 0 fully saturated rings. The summed E-state index contributed by atoms with van der Waals surface area (Å²) < 4.78 is 0. The topological polar surface area (TPSA) is 417 Å². The van der Waals surface area contributed by atoms with Crippen LogP contribution in [0.2, 0.25) is 0 Å². The number of hydrogen-bond acceptors (Lipinski definition) is 22. The van der Waals surface area contributed by atoms with Gasteiger partial charge in [0.1, 0.15) is 85.5 Å². The summed E-state index contributed by atoms with van der Waals surface area (Å²) in [5, 5.41) is 173. The van der Waals surface area contributed by atoms with Crippen molar-refractivity contribution in [2.75, 3.05) is 13.2 Å². The number of carbonyl (C=O) groups excluding carboxylic acids is 2. The molecule has 42 heavy (non-hydrogen) atoms. The van der Waals surface area contributed by atoms with Crippen LogP contribution in [0.1, 0.15) is 0 Å². The van der Waals surface area contributed by atoms with Crippen LogP contribution >= 0.6 is 0 Å². The van der Waals surface area contributed by atoms with Gasteiger partial charge in [-0.2, -0.15) is 0 Å². The molecule has 0 radical (unpaired) electrons. The molecule has 0 aliphatic rings. The molecule has 0 rings (SSSR count). The minimum Gasteiger partial charge on any atom is -0.394 e. The van der Waals surface area contributed by atoms with Gasteiger partial charge in [-0.25, -0.2) is 19.4 Å². The quantitative estimate of drug-likeness (QED) is 0.0493. The molecule has 0 aliphatic carbocycles. The van der Waals surface area contributed by atoms with Gasteiger partial charge in [0.25, 0.3) is 0 Å². The maximum atomic E-state index is 11.8. The van der Waals surface area contributed by atoms with Crippen molar-refractivity contribution in [1.29, 1.82) is 0 Å². The van der Waals surface area contributed by atoms with Crippen LogP contribution in [0, 0.1) is 0 Å². The van der Waals surface area contributed by atoms with Gasteiger partial charge >= 0.3 is 11.9 Å². The first kappa shape index (κ1) is 40.2. The molecule has 16 unspecified atom stereocenters. The third-order valence-electron chi connectivity index (χ3n) is 6.00. The summed E-state index contributed by atoms with van der Waals surface area (Å²) in [6.45, 7) is -2.21. The van der Waals surface area contributed by atoms with Crippen LogP contribution in [0.25, 0.3) is 0 Å². The second-order valence-corrected chi connectivity index (χ2v) is 9.08. The summed E-state index contributed by atoms with van der Waals surface area (Å²) in [5.74, 6) is -4.27. The fraction of sp³-hybridized carbons (Fsp3) is 0.900. The largest absolute Gasteiger partial charge is 0.394 e. The Morgan fingerprint density at radius 3 is 0.762 bits per heavy atom. The fourth-order valence-electron chi connectivity index (χ4n) is 3.12. The molecule has 0 heterocycles. The number of aliphatic hydroxyl groups is 18. The molecule has 0 amide bonds. The Morgan fingerprint density at radius 2 is 0.548 bits per heavy atom. The molecule has 0 saturated heterocycles. The Morgan fingerprint density at radius 1 is 0.357 bits per heavy atom. The summed E-state index contributed by atoms with van der Waals surface area (Å²) in [7, 11) is 0. The SMILES string of the molecule is O=C(OOC(=O)C(O)C(O)C(O)C(O)C(O)C(O)C(O)C(O)CO)C(O)C(O)C(O)C(O)C(O)C(O)C(O)C(O)CO. The first-order chi connectivity index (χ1) is 19.3. The normalized spacial score (nSPS) is 23.8. The van der Waals surface area contributed by atoms with Gasteiger partial charge in [-0.3, -0.25) is 0 Å². The highest BCUT2D eigenvalue weighted by atomic mass is 17.2. The van der Waals surface area contributed by atoms with Crippen LogP contribution < -0.4 is 0 Å². The lowest BCUT2D eigenvalue weighted by atomic mass is 9.93. The fourth-order valence-corrected chi connectivity index (χ4v) is 3.12. The van der Waals surface area contributed by atoms with Gasteiger partial charge in [0.2, 0.25) is 0 Å². The molecule has 0 bridgehead atoms. The predicted molar refractivity (Wildman–Crippen MR) is 122 cm³/mol. The zero-order valence-electron chi connectivity index (χ0n) is 21.3. The first-order valence-electron chi connectivity index (χ1n) is 11.8. The lowest BCUT2D eigenvalue weighted by molar-refractivity contribution is -0.277. The Hall–Kier alpha value is -1.78. The van der Waals surface area contributed by atoms with Crippen molar-refractivity contribution in [3.05, 3.63) is 0 Å². The minimum absolute atomic E-state index is 1.10. The van der Waals surface area contributed by atoms with E-state index in [1.807, 2.05) is 0 Å². The second kappa shape index (κ2) is 18.1. The summed E-state index contributed by atoms with van der Waals surface area (Å²) >= 11 is 0. The first-order valence-corrected chi connectivity index (χ1v) is 11.8. The van der Waals surface area contributed by atoms with Gasteiger partial charge in [-0.15, -0.1) is 0 Å². The second-order valence-electron chi connectivity index (χ2n) is 9.08. The average molecular weight is 631 g/mol. The highest BCUT2D eigenvalue weighted by Gasteiger charge is 2.45. The Kier molecular flexibility index (Phi) is 17.4. The molecule has 18 N–H and O–H groups in total. The molecule has 0 aromatic heterocycles. The van der Waals surface area contributed by atoms with Crippen LogP contribution in [-0.2, 0) is 19.4 Å². The van der Waals surface area contributed by atoms with Crippen molar-refractivity contribution in [2.24, 2.45) is 0 Å². The van der Waals surface area contributed by atoms with Crippen molar-refractivity contribution in [3.8, 4) is 0 Å². The van der Waals surface area contributed by atoms with Gasteiger partial charge in [-0.05, 0) is 0 Å². The Balaban J connectivity index is 5.13. The minimum atomic E-state index is -2.91. The molecule has 0 aromatic carbocycles. The molecule has 0 saturated carbocycles. The summed E-state index contributed by atoms with van der Waals surface area (Å²) in [4.78, 5) is 31.2. The molecule has 16 atom stereocenters. The van der Waals surface area contributed by atoms with Crippen LogP contribution in [0.5, 0.6) is 0 Å². The number of aliphatic hydroxyl groups excluding tert-OH is 18. The monoisotopic (exact) mass is 630 g/mol. The lowest BCUT2D eigenvalue weighted by Crippen LogP contribution is -2.57. The third kappa shape index (κ3) is 10.4. The maximum Gasteiger partial charge on any atom is 0.386 e. The number of rotatable bonds is 18. The Labute approximate surface area is 234 Å². The van der Waals surface area contributed by atoms with E-state index in [1.165, 1.54) is 0 Å². The molecule has 0 aliphatic heterocycles. The van der Waals surface area contributed by atoms with E-state index in [0.717, 1.165) is 0 Å². The van der Waals surface area contributed by atoms with Crippen LogP contribution in [0.3, 0.4) is 0 Å². The average Bonchev–Trinajstić information content (AvgIpc) is 3.00. The molecule has 22 heteroatoms. The number of carbonyl (C=O) groups is 2. The van der Waals surface area contributed by atoms with E-state index in [2.05, 4.69) is 9.78 Å². The highest BCUT2D eigenvalue weighted by Crippen LogP contribution is 2.17. The van der Waals surface area contributed by atoms with E-state index < -0.39 is 123 Å². The maximum absolute atomic E-state index is 11.8. The van der Waals surface area contributed by atoms with Crippen molar-refractivity contribution < 1.29 is 111 Å². The van der Waals surface area contributed by atoms with E-state index in [1.54, 1.807) is 0 Å². The lowest BCUT2D eigenvalue weighted by Gasteiger charge is -2.33. The van der Waals surface area contributed by atoms with Gasteiger partial charge in [0.15, 0.2) is 12.2 Å². The van der Waals surface area contributed by atoms with Gasteiger partial charge in [0.05, 0.1) is 13.2 Å². The third-order valence-corrected chi connectivity index (χ3v) is 6.00. The zero-order valence-corrected chi connectivity index (χ0v) is 21.3. The van der Waals surface area contributed by atoms with E-state index in [0.29, 0.717) is 0 Å². The van der Waals surface area contributed by atoms with Crippen molar-refractivity contribution in [1.82, 2.24) is 0 Å². The number of hydrogen-bond donors (Lipinski definition) is 18. The molecule has 250 valence electrons. The summed E-state index contributed by atoms with van der Waals surface area (Å²) in [5.41, 5.74) is 0.